The fourth-order valence-electron chi connectivity index (χ4n) is 4.69. The number of carboxylic acid groups (broad SMARTS) is 1. The Kier molecular flexibility index (Phi) is 5.60. The van der Waals surface area contributed by atoms with Crippen molar-refractivity contribution in [3.63, 3.8) is 0 Å². The van der Waals surface area contributed by atoms with E-state index in [1.54, 1.807) is 54.1 Å². The van der Waals surface area contributed by atoms with E-state index < -0.39 is 24.1 Å². The number of carbonyl (C=O) groups is 2. The van der Waals surface area contributed by atoms with Crippen molar-refractivity contribution >= 4 is 28.6 Å². The van der Waals surface area contributed by atoms with Gasteiger partial charge in [-0.1, -0.05) is 19.1 Å². The second kappa shape index (κ2) is 8.75. The molecule has 1 aliphatic heterocycles. The predicted octanol–water partition coefficient (Wildman–Crippen LogP) is 4.53. The molecule has 0 unspecified atom stereocenters. The third kappa shape index (κ3) is 3.95. The van der Waals surface area contributed by atoms with Crippen molar-refractivity contribution < 1.29 is 23.8 Å². The van der Waals surface area contributed by atoms with E-state index in [-0.39, 0.29) is 11.7 Å². The van der Waals surface area contributed by atoms with Crippen molar-refractivity contribution in [2.24, 2.45) is 5.92 Å². The van der Waals surface area contributed by atoms with Gasteiger partial charge in [-0.25, -0.2) is 13.9 Å². The highest BCUT2D eigenvalue weighted by Crippen LogP contribution is 2.41. The van der Waals surface area contributed by atoms with Crippen molar-refractivity contribution in [2.45, 2.75) is 19.0 Å². The second-order valence-electron chi connectivity index (χ2n) is 8.47. The van der Waals surface area contributed by atoms with Gasteiger partial charge in [0.15, 0.2) is 0 Å². The van der Waals surface area contributed by atoms with Crippen molar-refractivity contribution in [3.8, 4) is 11.4 Å². The first kappa shape index (κ1) is 22.4. The minimum atomic E-state index is -1.19. The molecule has 1 fully saturated rings. The van der Waals surface area contributed by atoms with Gasteiger partial charge in [0.2, 0.25) is 5.91 Å². The highest BCUT2D eigenvalue weighted by molar-refractivity contribution is 6.01. The first-order valence-electron chi connectivity index (χ1n) is 11.1. The van der Waals surface area contributed by atoms with Crippen LogP contribution in [-0.4, -0.2) is 40.0 Å². The summed E-state index contributed by atoms with van der Waals surface area (Å²) in [6, 6.07) is 17.6. The Hall–Kier alpha value is -4.40. The average molecular weight is 474 g/mol. The highest BCUT2D eigenvalue weighted by atomic mass is 19.1. The fraction of sp³-hybridized carbons (Fsp3) is 0.192. The highest BCUT2D eigenvalue weighted by Gasteiger charge is 2.48. The first-order valence-corrected chi connectivity index (χ1v) is 11.1. The SMILES string of the molecule is COc1ccc([C@@H]2[C@@H](NC(=O)O)[C@@H](C)C(=O)N2c2ccc3c(cnn3-c3ccc(F)cc3)c2)cc1. The zero-order valence-corrected chi connectivity index (χ0v) is 19.1. The lowest BCUT2D eigenvalue weighted by Crippen LogP contribution is -2.41. The standard InChI is InChI=1S/C26H23FN4O4/c1-15-23(29-26(33)34)24(16-3-10-21(35-2)11-4-16)30(25(15)32)20-9-12-22-17(13-20)14-28-31(22)19-7-5-18(27)6-8-19/h3-15,23-24,29H,1-2H3,(H,33,34)/t15-,23+,24-/m1/s1. The molecule has 2 heterocycles. The number of carbonyl (C=O) groups excluding carboxylic acids is 1. The monoisotopic (exact) mass is 474 g/mol. The summed E-state index contributed by atoms with van der Waals surface area (Å²) in [5, 5.41) is 17.2. The van der Waals surface area contributed by atoms with Crippen molar-refractivity contribution in [1.82, 2.24) is 15.1 Å². The molecule has 2 amide bonds. The fourth-order valence-corrected chi connectivity index (χ4v) is 4.69. The Morgan fingerprint density at radius 2 is 1.74 bits per heavy atom. The van der Waals surface area contributed by atoms with E-state index in [1.165, 1.54) is 12.1 Å². The summed E-state index contributed by atoms with van der Waals surface area (Å²) in [5.41, 5.74) is 2.91. The van der Waals surface area contributed by atoms with Gasteiger partial charge in [0, 0.05) is 11.1 Å². The number of aromatic nitrogens is 2. The summed E-state index contributed by atoms with van der Waals surface area (Å²) in [6.07, 6.45) is 0.493. The summed E-state index contributed by atoms with van der Waals surface area (Å²) >= 11 is 0. The van der Waals surface area contributed by atoms with Gasteiger partial charge in [0.05, 0.1) is 42.5 Å². The molecule has 3 atom stereocenters. The number of amides is 2. The molecule has 0 spiro atoms. The molecule has 178 valence electrons. The lowest BCUT2D eigenvalue weighted by molar-refractivity contribution is -0.120. The van der Waals surface area contributed by atoms with Gasteiger partial charge in [-0.2, -0.15) is 5.10 Å². The van der Waals surface area contributed by atoms with Crippen LogP contribution in [0.15, 0.2) is 72.9 Å². The molecule has 2 N–H and O–H groups in total. The quantitative estimate of drug-likeness (QED) is 0.443. The molecular weight excluding hydrogens is 451 g/mol. The number of fused-ring (bicyclic) bond motifs is 1. The largest absolute Gasteiger partial charge is 0.497 e. The summed E-state index contributed by atoms with van der Waals surface area (Å²) in [4.78, 5) is 26.6. The third-order valence-corrected chi connectivity index (χ3v) is 6.43. The normalized spacial score (nSPS) is 19.8. The summed E-state index contributed by atoms with van der Waals surface area (Å²) in [6.45, 7) is 1.73. The number of nitrogens with one attached hydrogen (secondary N) is 1. The molecule has 1 saturated heterocycles. The van der Waals surface area contributed by atoms with Crippen LogP contribution in [0.2, 0.25) is 0 Å². The van der Waals surface area contributed by atoms with E-state index in [0.29, 0.717) is 17.1 Å². The van der Waals surface area contributed by atoms with Gasteiger partial charge < -0.3 is 20.1 Å². The molecule has 9 heteroatoms. The minimum Gasteiger partial charge on any atom is -0.497 e. The molecule has 0 aliphatic carbocycles. The number of halogens is 1. The Morgan fingerprint density at radius 1 is 1.06 bits per heavy atom. The van der Waals surface area contributed by atoms with Gasteiger partial charge in [-0.05, 0) is 60.2 Å². The summed E-state index contributed by atoms with van der Waals surface area (Å²) in [7, 11) is 1.57. The van der Waals surface area contributed by atoms with E-state index in [1.807, 2.05) is 30.3 Å². The van der Waals surface area contributed by atoms with Gasteiger partial charge in [-0.3, -0.25) is 4.79 Å². The van der Waals surface area contributed by atoms with Crippen LogP contribution in [0.3, 0.4) is 0 Å². The van der Waals surface area contributed by atoms with Crippen LogP contribution in [0.4, 0.5) is 14.9 Å². The maximum atomic E-state index is 13.4. The van der Waals surface area contributed by atoms with E-state index in [4.69, 9.17) is 4.74 Å². The number of rotatable bonds is 5. The van der Waals surface area contributed by atoms with Gasteiger partial charge in [0.1, 0.15) is 11.6 Å². The number of hydrogen-bond donors (Lipinski definition) is 2. The minimum absolute atomic E-state index is 0.185. The Bertz CT molecular complexity index is 1400. The van der Waals surface area contributed by atoms with Gasteiger partial charge in [0.25, 0.3) is 0 Å². The van der Waals surface area contributed by atoms with Crippen LogP contribution in [0.5, 0.6) is 5.75 Å². The van der Waals surface area contributed by atoms with E-state index in [0.717, 1.165) is 16.5 Å². The summed E-state index contributed by atoms with van der Waals surface area (Å²) < 4.78 is 20.3. The van der Waals surface area contributed by atoms with Crippen molar-refractivity contribution in [2.75, 3.05) is 12.0 Å². The maximum Gasteiger partial charge on any atom is 0.404 e. The number of nitrogens with zero attached hydrogens (tertiary/aromatic N) is 3. The van der Waals surface area contributed by atoms with E-state index >= 15 is 0 Å². The average Bonchev–Trinajstić information content (AvgIpc) is 3.38. The predicted molar refractivity (Wildman–Crippen MR) is 128 cm³/mol. The second-order valence-corrected chi connectivity index (χ2v) is 8.47. The molecular formula is C26H23FN4O4. The molecule has 0 saturated carbocycles. The molecule has 0 radical (unpaired) electrons. The first-order chi connectivity index (χ1) is 16.9. The lowest BCUT2D eigenvalue weighted by Gasteiger charge is -2.29. The Balaban J connectivity index is 1.58. The topological polar surface area (TPSA) is 96.7 Å². The van der Waals surface area contributed by atoms with Gasteiger partial charge in [-0.15, -0.1) is 0 Å². The molecule has 8 nitrogen and oxygen atoms in total. The zero-order chi connectivity index (χ0) is 24.7. The third-order valence-electron chi connectivity index (χ3n) is 6.43. The molecule has 4 aromatic rings. The number of anilines is 1. The van der Waals surface area contributed by atoms with Crippen molar-refractivity contribution in [3.05, 3.63) is 84.3 Å². The smallest absolute Gasteiger partial charge is 0.404 e. The molecule has 5 rings (SSSR count). The van der Waals surface area contributed by atoms with Crippen LogP contribution in [0.25, 0.3) is 16.6 Å². The zero-order valence-electron chi connectivity index (χ0n) is 19.1. The molecule has 35 heavy (non-hydrogen) atoms. The number of hydrogen-bond acceptors (Lipinski definition) is 4. The molecule has 3 aromatic carbocycles. The van der Waals surface area contributed by atoms with Gasteiger partial charge >= 0.3 is 6.09 Å². The van der Waals surface area contributed by atoms with Crippen LogP contribution >= 0.6 is 0 Å². The molecule has 0 bridgehead atoms. The van der Waals surface area contributed by atoms with Crippen LogP contribution in [0, 0.1) is 11.7 Å². The lowest BCUT2D eigenvalue weighted by atomic mass is 9.94. The number of benzene rings is 3. The van der Waals surface area contributed by atoms with E-state index in [2.05, 4.69) is 10.4 Å². The number of ether oxygens (including phenoxy) is 1. The van der Waals surface area contributed by atoms with Crippen molar-refractivity contribution in [1.29, 1.82) is 0 Å². The van der Waals surface area contributed by atoms with Crippen LogP contribution < -0.4 is 15.0 Å². The Labute approximate surface area is 200 Å². The van der Waals surface area contributed by atoms with E-state index in [9.17, 15) is 19.1 Å². The van der Waals surface area contributed by atoms with Crippen LogP contribution in [0.1, 0.15) is 18.5 Å². The number of methoxy groups -OCH3 is 1. The summed E-state index contributed by atoms with van der Waals surface area (Å²) in [5.74, 6) is -0.427. The maximum absolute atomic E-state index is 13.4. The van der Waals surface area contributed by atoms with Crippen LogP contribution in [-0.2, 0) is 4.79 Å². The Morgan fingerprint density at radius 3 is 2.40 bits per heavy atom. The molecule has 1 aliphatic rings. The molecule has 1 aromatic heterocycles.